The highest BCUT2D eigenvalue weighted by Crippen LogP contribution is 2.26. The smallest absolute Gasteiger partial charge is 0.184 e. The van der Waals surface area contributed by atoms with Gasteiger partial charge in [-0.15, -0.1) is 0 Å². The van der Waals surface area contributed by atoms with Crippen LogP contribution in [0.15, 0.2) is 24.3 Å². The van der Waals surface area contributed by atoms with Crippen LogP contribution in [-0.4, -0.2) is 29.0 Å². The van der Waals surface area contributed by atoms with Gasteiger partial charge in [-0.25, -0.2) is 4.98 Å². The standard InChI is InChI=1S/C14H16N2O2S2/c1-9(17)7-8-11(13(19)18-2)16-14-15-10-5-3-4-6-12(10)20-14/h3-6,11H,7-8H2,1-2H3,(H,15,16)/t11-/m0/s1. The molecule has 0 unspecified atom stereocenters. The van der Waals surface area contributed by atoms with Gasteiger partial charge in [0.25, 0.3) is 0 Å². The van der Waals surface area contributed by atoms with Gasteiger partial charge >= 0.3 is 0 Å². The van der Waals surface area contributed by atoms with E-state index in [-0.39, 0.29) is 11.8 Å². The number of benzene rings is 1. The SMILES string of the molecule is COC(=S)[C@H](CCC(C)=O)Nc1nc2ccccc2s1. The largest absolute Gasteiger partial charge is 0.488 e. The number of Topliss-reactive ketones (excluding diaryl/α,β-unsaturated/α-hetero) is 1. The normalized spacial score (nSPS) is 12.1. The summed E-state index contributed by atoms with van der Waals surface area (Å²) in [6.45, 7) is 1.57. The van der Waals surface area contributed by atoms with Crippen molar-refractivity contribution >= 4 is 49.7 Å². The summed E-state index contributed by atoms with van der Waals surface area (Å²) >= 11 is 6.75. The predicted molar refractivity (Wildman–Crippen MR) is 86.6 cm³/mol. The molecule has 0 radical (unpaired) electrons. The van der Waals surface area contributed by atoms with Gasteiger partial charge in [-0.05, 0) is 37.7 Å². The van der Waals surface area contributed by atoms with Crippen molar-refractivity contribution in [3.05, 3.63) is 24.3 Å². The third-order valence-corrected chi connectivity index (χ3v) is 4.28. The zero-order chi connectivity index (χ0) is 14.5. The number of nitrogens with zero attached hydrogens (tertiary/aromatic N) is 1. The summed E-state index contributed by atoms with van der Waals surface area (Å²) in [5.74, 6) is 0.139. The summed E-state index contributed by atoms with van der Waals surface area (Å²) in [7, 11) is 1.54. The predicted octanol–water partition coefficient (Wildman–Crippen LogP) is 3.42. The van der Waals surface area contributed by atoms with Crippen molar-refractivity contribution in [1.82, 2.24) is 4.98 Å². The first-order chi connectivity index (χ1) is 9.60. The lowest BCUT2D eigenvalue weighted by molar-refractivity contribution is -0.117. The molecule has 6 heteroatoms. The van der Waals surface area contributed by atoms with Crippen molar-refractivity contribution in [2.75, 3.05) is 12.4 Å². The fourth-order valence-electron chi connectivity index (χ4n) is 1.82. The lowest BCUT2D eigenvalue weighted by Gasteiger charge is -2.17. The maximum absolute atomic E-state index is 11.1. The highest BCUT2D eigenvalue weighted by Gasteiger charge is 2.17. The molecule has 2 aromatic rings. The first-order valence-corrected chi connectivity index (χ1v) is 7.52. The second-order valence-electron chi connectivity index (χ2n) is 4.45. The van der Waals surface area contributed by atoms with Crippen LogP contribution in [0.1, 0.15) is 19.8 Å². The second kappa shape index (κ2) is 6.76. The molecule has 0 bridgehead atoms. The minimum absolute atomic E-state index is 0.139. The van der Waals surface area contributed by atoms with Crippen LogP contribution in [0.25, 0.3) is 10.2 Å². The van der Waals surface area contributed by atoms with Gasteiger partial charge in [0.1, 0.15) is 5.78 Å². The molecule has 4 nitrogen and oxygen atoms in total. The van der Waals surface area contributed by atoms with Crippen LogP contribution >= 0.6 is 23.6 Å². The van der Waals surface area contributed by atoms with Crippen molar-refractivity contribution in [2.45, 2.75) is 25.8 Å². The van der Waals surface area contributed by atoms with E-state index in [0.29, 0.717) is 17.9 Å². The molecule has 0 amide bonds. The average molecular weight is 308 g/mol. The molecular weight excluding hydrogens is 292 g/mol. The Kier molecular flexibility index (Phi) is 5.03. The number of hydrogen-bond acceptors (Lipinski definition) is 6. The summed E-state index contributed by atoms with van der Waals surface area (Å²) in [5, 5.41) is 4.50. The first-order valence-electron chi connectivity index (χ1n) is 6.29. The van der Waals surface area contributed by atoms with Gasteiger partial charge in [0.2, 0.25) is 0 Å². The molecule has 0 aliphatic heterocycles. The van der Waals surface area contributed by atoms with E-state index >= 15 is 0 Å². The molecule has 0 saturated carbocycles. The number of anilines is 1. The van der Waals surface area contributed by atoms with Crippen molar-refractivity contribution in [3.8, 4) is 0 Å². The van der Waals surface area contributed by atoms with E-state index in [1.807, 2.05) is 24.3 Å². The molecule has 1 aromatic carbocycles. The third-order valence-electron chi connectivity index (χ3n) is 2.86. The number of carbonyl (C=O) groups is 1. The van der Waals surface area contributed by atoms with E-state index < -0.39 is 0 Å². The van der Waals surface area contributed by atoms with Crippen LogP contribution in [-0.2, 0) is 9.53 Å². The minimum atomic E-state index is -0.181. The Balaban J connectivity index is 2.13. The Morgan fingerprint density at radius 2 is 2.25 bits per heavy atom. The average Bonchev–Trinajstić information content (AvgIpc) is 2.84. The lowest BCUT2D eigenvalue weighted by Crippen LogP contribution is -2.29. The van der Waals surface area contributed by atoms with Gasteiger partial charge in [0, 0.05) is 6.42 Å². The number of thiocarbonyl (C=S) groups is 1. The van der Waals surface area contributed by atoms with Crippen LogP contribution in [0.3, 0.4) is 0 Å². The Hall–Kier alpha value is -1.53. The Morgan fingerprint density at radius 1 is 1.50 bits per heavy atom. The number of carbonyl (C=O) groups excluding carboxylic acids is 1. The van der Waals surface area contributed by atoms with Crippen molar-refractivity contribution < 1.29 is 9.53 Å². The number of ketones is 1. The number of para-hydroxylation sites is 1. The lowest BCUT2D eigenvalue weighted by atomic mass is 10.1. The van der Waals surface area contributed by atoms with Crippen molar-refractivity contribution in [2.24, 2.45) is 0 Å². The fraction of sp³-hybridized carbons (Fsp3) is 0.357. The number of hydrogen-bond donors (Lipinski definition) is 1. The van der Waals surface area contributed by atoms with E-state index in [9.17, 15) is 4.79 Å². The second-order valence-corrected chi connectivity index (χ2v) is 5.88. The number of methoxy groups -OCH3 is 1. The number of nitrogens with one attached hydrogen (secondary N) is 1. The maximum atomic E-state index is 11.1. The van der Waals surface area contributed by atoms with Crippen molar-refractivity contribution in [3.63, 3.8) is 0 Å². The summed E-state index contributed by atoms with van der Waals surface area (Å²) < 4.78 is 6.24. The van der Waals surface area contributed by atoms with Gasteiger partial charge in [0.05, 0.1) is 23.4 Å². The zero-order valence-corrected chi connectivity index (χ0v) is 13.0. The number of ether oxygens (including phenoxy) is 1. The highest BCUT2D eigenvalue weighted by molar-refractivity contribution is 7.80. The van der Waals surface area contributed by atoms with Crippen LogP contribution in [0.4, 0.5) is 5.13 Å². The molecule has 1 heterocycles. The summed E-state index contributed by atoms with van der Waals surface area (Å²) in [4.78, 5) is 15.6. The summed E-state index contributed by atoms with van der Waals surface area (Å²) in [6.07, 6.45) is 1.07. The van der Waals surface area contributed by atoms with Crippen LogP contribution < -0.4 is 5.32 Å². The van der Waals surface area contributed by atoms with Crippen LogP contribution in [0.2, 0.25) is 0 Å². The van der Waals surface area contributed by atoms with Gasteiger partial charge in [-0.2, -0.15) is 0 Å². The number of fused-ring (bicyclic) bond motifs is 1. The number of rotatable bonds is 6. The molecule has 0 saturated heterocycles. The Morgan fingerprint density at radius 3 is 2.90 bits per heavy atom. The number of aromatic nitrogens is 1. The molecule has 1 aromatic heterocycles. The monoisotopic (exact) mass is 308 g/mol. The first kappa shape index (κ1) is 14.9. The fourth-order valence-corrected chi connectivity index (χ4v) is 2.92. The molecule has 1 atom stereocenters. The van der Waals surface area contributed by atoms with E-state index in [0.717, 1.165) is 15.3 Å². The van der Waals surface area contributed by atoms with Gasteiger partial charge in [0.15, 0.2) is 10.2 Å². The Labute approximate surface area is 127 Å². The summed E-state index contributed by atoms with van der Waals surface area (Å²) in [5.41, 5.74) is 0.952. The van der Waals surface area contributed by atoms with Gasteiger partial charge < -0.3 is 14.8 Å². The molecule has 0 aliphatic rings. The van der Waals surface area contributed by atoms with E-state index in [1.54, 1.807) is 25.4 Å². The molecule has 0 fully saturated rings. The summed E-state index contributed by atoms with van der Waals surface area (Å²) in [6, 6.07) is 7.75. The van der Waals surface area contributed by atoms with E-state index in [4.69, 9.17) is 17.0 Å². The molecule has 0 spiro atoms. The third kappa shape index (κ3) is 3.74. The minimum Gasteiger partial charge on any atom is -0.488 e. The highest BCUT2D eigenvalue weighted by atomic mass is 32.1. The Bertz CT molecular complexity index is 591. The van der Waals surface area contributed by atoms with Crippen LogP contribution in [0.5, 0.6) is 0 Å². The topological polar surface area (TPSA) is 51.2 Å². The van der Waals surface area contributed by atoms with Gasteiger partial charge in [-0.3, -0.25) is 0 Å². The molecule has 2 rings (SSSR count). The molecule has 0 aliphatic carbocycles. The van der Waals surface area contributed by atoms with E-state index in [2.05, 4.69) is 10.3 Å². The zero-order valence-electron chi connectivity index (χ0n) is 11.4. The number of thiazole rings is 1. The van der Waals surface area contributed by atoms with E-state index in [1.165, 1.54) is 0 Å². The molecule has 1 N–H and O–H groups in total. The van der Waals surface area contributed by atoms with Gasteiger partial charge in [-0.1, -0.05) is 23.5 Å². The molecule has 20 heavy (non-hydrogen) atoms. The maximum Gasteiger partial charge on any atom is 0.184 e. The molecular formula is C14H16N2O2S2. The molecule has 106 valence electrons. The van der Waals surface area contributed by atoms with Crippen LogP contribution in [0, 0.1) is 0 Å². The van der Waals surface area contributed by atoms with Crippen molar-refractivity contribution in [1.29, 1.82) is 0 Å². The quantitative estimate of drug-likeness (QED) is 0.829.